The smallest absolute Gasteiger partial charge is 0.240 e. The molecule has 8 heteroatoms. The summed E-state index contributed by atoms with van der Waals surface area (Å²) in [5.41, 5.74) is 6.49. The number of hydrogen-bond donors (Lipinski definition) is 2. The molecule has 0 saturated carbocycles. The highest BCUT2D eigenvalue weighted by Gasteiger charge is 2.13. The fourth-order valence-corrected chi connectivity index (χ4v) is 2.60. The molecule has 19 heavy (non-hydrogen) atoms. The number of nitrogen functional groups attached to an aromatic ring is 1. The van der Waals surface area contributed by atoms with Crippen molar-refractivity contribution in [2.45, 2.75) is 18.4 Å². The zero-order chi connectivity index (χ0) is 13.9. The summed E-state index contributed by atoms with van der Waals surface area (Å²) in [5.74, 6) is 0.172. The summed E-state index contributed by atoms with van der Waals surface area (Å²) in [6.07, 6.45) is 4.93. The molecule has 0 radical (unpaired) electrons. The molecule has 0 spiro atoms. The molecule has 2 heterocycles. The molecule has 2 aromatic heterocycles. The summed E-state index contributed by atoms with van der Waals surface area (Å²) in [5, 5.41) is 4.07. The van der Waals surface area contributed by atoms with Crippen molar-refractivity contribution in [3.8, 4) is 0 Å². The van der Waals surface area contributed by atoms with Gasteiger partial charge in [0.25, 0.3) is 0 Å². The number of rotatable bonds is 5. The molecule has 0 atom stereocenters. The minimum Gasteiger partial charge on any atom is -0.384 e. The molecule has 2 aromatic rings. The molecule has 102 valence electrons. The number of anilines is 1. The minimum atomic E-state index is -3.56. The quantitative estimate of drug-likeness (QED) is 0.812. The van der Waals surface area contributed by atoms with Crippen molar-refractivity contribution in [2.75, 3.05) is 12.3 Å². The molecular weight excluding hydrogens is 266 g/mol. The first-order valence-electron chi connectivity index (χ1n) is 5.67. The lowest BCUT2D eigenvalue weighted by Crippen LogP contribution is -2.27. The normalized spacial score (nSPS) is 11.6. The number of nitrogens with two attached hydrogens (primary N) is 1. The van der Waals surface area contributed by atoms with Crippen LogP contribution in [0.2, 0.25) is 0 Å². The lowest BCUT2D eigenvalue weighted by Gasteiger charge is -2.07. The Morgan fingerprint density at radius 1 is 1.47 bits per heavy atom. The first kappa shape index (κ1) is 13.5. The lowest BCUT2D eigenvalue weighted by atomic mass is 10.4. The van der Waals surface area contributed by atoms with E-state index in [1.54, 1.807) is 10.9 Å². The van der Waals surface area contributed by atoms with E-state index in [1.165, 1.54) is 18.3 Å². The SMILES string of the molecule is Cc1cnn(CCNS(=O)(=O)c2ccnc(N)c2)c1. The molecule has 0 saturated heterocycles. The zero-order valence-electron chi connectivity index (χ0n) is 10.4. The highest BCUT2D eigenvalue weighted by atomic mass is 32.2. The Morgan fingerprint density at radius 3 is 2.89 bits per heavy atom. The predicted molar refractivity (Wildman–Crippen MR) is 70.8 cm³/mol. The van der Waals surface area contributed by atoms with E-state index >= 15 is 0 Å². The van der Waals surface area contributed by atoms with Crippen molar-refractivity contribution in [3.05, 3.63) is 36.3 Å². The van der Waals surface area contributed by atoms with E-state index in [2.05, 4.69) is 14.8 Å². The molecule has 0 aliphatic heterocycles. The summed E-state index contributed by atoms with van der Waals surface area (Å²) in [6, 6.07) is 2.72. The molecular formula is C11H15N5O2S. The van der Waals surface area contributed by atoms with Gasteiger partial charge in [-0.15, -0.1) is 0 Å². The number of aromatic nitrogens is 3. The van der Waals surface area contributed by atoms with E-state index in [4.69, 9.17) is 5.73 Å². The fourth-order valence-electron chi connectivity index (χ4n) is 1.56. The summed E-state index contributed by atoms with van der Waals surface area (Å²) < 4.78 is 28.1. The van der Waals surface area contributed by atoms with Gasteiger partial charge < -0.3 is 5.73 Å². The highest BCUT2D eigenvalue weighted by Crippen LogP contribution is 2.09. The van der Waals surface area contributed by atoms with Gasteiger partial charge in [-0.1, -0.05) is 0 Å². The number of nitrogens with zero attached hydrogens (tertiary/aromatic N) is 3. The third-order valence-corrected chi connectivity index (χ3v) is 3.92. The van der Waals surface area contributed by atoms with E-state index < -0.39 is 10.0 Å². The Labute approximate surface area is 111 Å². The van der Waals surface area contributed by atoms with Crippen LogP contribution in [0.25, 0.3) is 0 Å². The van der Waals surface area contributed by atoms with Gasteiger partial charge in [-0.25, -0.2) is 18.1 Å². The van der Waals surface area contributed by atoms with Gasteiger partial charge in [0.15, 0.2) is 0 Å². The Morgan fingerprint density at radius 2 is 2.26 bits per heavy atom. The molecule has 0 aliphatic rings. The first-order valence-corrected chi connectivity index (χ1v) is 7.16. The van der Waals surface area contributed by atoms with Crippen LogP contribution in [0.1, 0.15) is 5.56 Å². The standard InChI is InChI=1S/C11H15N5O2S/c1-9-7-14-16(8-9)5-4-15-19(17,18)10-2-3-13-11(12)6-10/h2-3,6-8,15H,4-5H2,1H3,(H2,12,13). The van der Waals surface area contributed by atoms with Crippen molar-refractivity contribution in [1.82, 2.24) is 19.5 Å². The molecule has 3 N–H and O–H groups in total. The van der Waals surface area contributed by atoms with Crippen LogP contribution in [0, 0.1) is 6.92 Å². The van der Waals surface area contributed by atoms with E-state index in [0.29, 0.717) is 6.54 Å². The van der Waals surface area contributed by atoms with Crippen molar-refractivity contribution in [1.29, 1.82) is 0 Å². The van der Waals surface area contributed by atoms with Crippen LogP contribution in [0.15, 0.2) is 35.6 Å². The Hall–Kier alpha value is -1.93. The van der Waals surface area contributed by atoms with Crippen molar-refractivity contribution in [2.24, 2.45) is 0 Å². The summed E-state index contributed by atoms with van der Waals surface area (Å²) in [4.78, 5) is 3.86. The third-order valence-electron chi connectivity index (χ3n) is 2.46. The van der Waals surface area contributed by atoms with E-state index in [-0.39, 0.29) is 17.3 Å². The Bertz CT molecular complexity index is 665. The lowest BCUT2D eigenvalue weighted by molar-refractivity contribution is 0.560. The summed E-state index contributed by atoms with van der Waals surface area (Å²) >= 11 is 0. The zero-order valence-corrected chi connectivity index (χ0v) is 11.3. The van der Waals surface area contributed by atoms with Gasteiger partial charge in [0, 0.05) is 25.0 Å². The molecule has 7 nitrogen and oxygen atoms in total. The van der Waals surface area contributed by atoms with Crippen LogP contribution in [0.5, 0.6) is 0 Å². The average molecular weight is 281 g/mol. The monoisotopic (exact) mass is 281 g/mol. The third kappa shape index (κ3) is 3.52. The maximum Gasteiger partial charge on any atom is 0.240 e. The van der Waals surface area contributed by atoms with Gasteiger partial charge in [-0.3, -0.25) is 4.68 Å². The van der Waals surface area contributed by atoms with Crippen LogP contribution in [0.3, 0.4) is 0 Å². The molecule has 0 unspecified atom stereocenters. The van der Waals surface area contributed by atoms with Crippen LogP contribution in [-0.2, 0) is 16.6 Å². The maximum absolute atomic E-state index is 12.0. The van der Waals surface area contributed by atoms with Gasteiger partial charge in [-0.05, 0) is 18.6 Å². The Balaban J connectivity index is 1.98. The second kappa shape index (κ2) is 5.37. The molecule has 2 rings (SSSR count). The van der Waals surface area contributed by atoms with Gasteiger partial charge in [0.1, 0.15) is 5.82 Å². The second-order valence-corrected chi connectivity index (χ2v) is 5.86. The molecule has 0 fully saturated rings. The number of nitrogens with one attached hydrogen (secondary N) is 1. The predicted octanol–water partition coefficient (Wildman–Crippen LogP) is 0.147. The number of sulfonamides is 1. The average Bonchev–Trinajstić information content (AvgIpc) is 2.75. The van der Waals surface area contributed by atoms with Crippen LogP contribution < -0.4 is 10.5 Å². The van der Waals surface area contributed by atoms with Crippen LogP contribution in [0.4, 0.5) is 5.82 Å². The number of hydrogen-bond acceptors (Lipinski definition) is 5. The van der Waals surface area contributed by atoms with E-state index in [9.17, 15) is 8.42 Å². The van der Waals surface area contributed by atoms with Gasteiger partial charge >= 0.3 is 0 Å². The first-order chi connectivity index (χ1) is 8.97. The van der Waals surface area contributed by atoms with Gasteiger partial charge in [0.05, 0.1) is 17.6 Å². The largest absolute Gasteiger partial charge is 0.384 e. The number of aryl methyl sites for hydroxylation is 1. The fraction of sp³-hybridized carbons (Fsp3) is 0.273. The summed E-state index contributed by atoms with van der Waals surface area (Å²) in [6.45, 7) is 2.65. The van der Waals surface area contributed by atoms with E-state index in [0.717, 1.165) is 5.56 Å². The van der Waals surface area contributed by atoms with E-state index in [1.807, 2.05) is 13.1 Å². The van der Waals surface area contributed by atoms with Crippen molar-refractivity contribution >= 4 is 15.8 Å². The number of pyridine rings is 1. The molecule has 0 aliphatic carbocycles. The second-order valence-electron chi connectivity index (χ2n) is 4.09. The Kier molecular flexibility index (Phi) is 3.82. The molecule has 0 aromatic carbocycles. The van der Waals surface area contributed by atoms with Crippen molar-refractivity contribution in [3.63, 3.8) is 0 Å². The highest BCUT2D eigenvalue weighted by molar-refractivity contribution is 7.89. The van der Waals surface area contributed by atoms with Crippen LogP contribution >= 0.6 is 0 Å². The van der Waals surface area contributed by atoms with Gasteiger partial charge in [0.2, 0.25) is 10.0 Å². The summed E-state index contributed by atoms with van der Waals surface area (Å²) in [7, 11) is -3.56. The maximum atomic E-state index is 12.0. The minimum absolute atomic E-state index is 0.108. The van der Waals surface area contributed by atoms with Crippen molar-refractivity contribution < 1.29 is 8.42 Å². The molecule has 0 amide bonds. The van der Waals surface area contributed by atoms with Gasteiger partial charge in [-0.2, -0.15) is 5.10 Å². The molecule has 0 bridgehead atoms. The topological polar surface area (TPSA) is 103 Å². The van der Waals surface area contributed by atoms with Crippen LogP contribution in [-0.4, -0.2) is 29.7 Å².